The molecule has 0 saturated carbocycles. The second-order valence-corrected chi connectivity index (χ2v) is 11.3. The number of anilines is 1. The van der Waals surface area contributed by atoms with Crippen LogP contribution in [0.25, 0.3) is 10.8 Å². The van der Waals surface area contributed by atoms with Crippen molar-refractivity contribution < 1.29 is 29.0 Å². The topological polar surface area (TPSA) is 96.4 Å². The molecule has 5 atom stereocenters. The second-order valence-electron chi connectivity index (χ2n) is 11.3. The van der Waals surface area contributed by atoms with Crippen molar-refractivity contribution in [1.82, 2.24) is 4.90 Å². The maximum Gasteiger partial charge on any atom is 0.313 e. The van der Waals surface area contributed by atoms with Gasteiger partial charge in [-0.1, -0.05) is 56.0 Å². The summed E-state index contributed by atoms with van der Waals surface area (Å²) in [6.45, 7) is 10.2. The molecular weight excluding hydrogens is 520 g/mol. The molecule has 3 fully saturated rings. The third kappa shape index (κ3) is 4.77. The maximum atomic E-state index is 14.7. The summed E-state index contributed by atoms with van der Waals surface area (Å²) >= 11 is 0. The van der Waals surface area contributed by atoms with E-state index in [-0.39, 0.29) is 31.6 Å². The van der Waals surface area contributed by atoms with Crippen LogP contribution in [-0.2, 0) is 23.9 Å². The highest BCUT2D eigenvalue weighted by Crippen LogP contribution is 2.64. The van der Waals surface area contributed by atoms with Gasteiger partial charge in [0.25, 0.3) is 5.91 Å². The fraction of sp³-hybridized carbons (Fsp3) is 0.485. The highest BCUT2D eigenvalue weighted by atomic mass is 16.6. The van der Waals surface area contributed by atoms with Crippen LogP contribution in [0.2, 0.25) is 0 Å². The molecule has 3 aliphatic rings. The Hall–Kier alpha value is -3.49. The number of hydrogen-bond donors (Lipinski definition) is 1. The van der Waals surface area contributed by atoms with Crippen LogP contribution in [0.4, 0.5) is 5.69 Å². The van der Waals surface area contributed by atoms with E-state index in [1.807, 2.05) is 49.4 Å². The molecule has 2 bridgehead atoms. The Balaban J connectivity index is 1.57. The molecular formula is C33H40N2O6. The third-order valence-corrected chi connectivity index (χ3v) is 9.19. The molecule has 3 heterocycles. The Morgan fingerprint density at radius 2 is 1.90 bits per heavy atom. The number of aliphatic hydroxyl groups is 1. The average Bonchev–Trinajstić information content (AvgIpc) is 3.60. The van der Waals surface area contributed by atoms with Gasteiger partial charge >= 0.3 is 5.97 Å². The molecule has 1 N–H and O–H groups in total. The molecule has 2 amide bonds. The molecule has 0 aliphatic carbocycles. The van der Waals surface area contributed by atoms with Gasteiger partial charge in [0.1, 0.15) is 24.2 Å². The number of aliphatic hydroxyl groups excluding tert-OH is 1. The van der Waals surface area contributed by atoms with Gasteiger partial charge in [-0.3, -0.25) is 14.4 Å². The lowest BCUT2D eigenvalue weighted by Crippen LogP contribution is -2.56. The number of ether oxygens (including phenoxy) is 2. The van der Waals surface area contributed by atoms with Crippen LogP contribution >= 0.6 is 0 Å². The lowest BCUT2D eigenvalue weighted by Gasteiger charge is -2.37. The number of hydrogen-bond acceptors (Lipinski definition) is 6. The van der Waals surface area contributed by atoms with Crippen LogP contribution in [-0.4, -0.2) is 71.3 Å². The predicted molar refractivity (Wildman–Crippen MR) is 157 cm³/mol. The van der Waals surface area contributed by atoms with Crippen molar-refractivity contribution >= 4 is 34.2 Å². The van der Waals surface area contributed by atoms with E-state index in [2.05, 4.69) is 13.2 Å². The summed E-state index contributed by atoms with van der Waals surface area (Å²) in [5, 5.41) is 11.4. The first-order valence-corrected chi connectivity index (χ1v) is 14.7. The maximum absolute atomic E-state index is 14.7. The molecule has 0 radical (unpaired) electrons. The van der Waals surface area contributed by atoms with E-state index in [9.17, 15) is 19.5 Å². The molecule has 0 aromatic heterocycles. The van der Waals surface area contributed by atoms with Crippen LogP contribution in [0.3, 0.4) is 0 Å². The molecule has 1 spiro atoms. The molecule has 3 saturated heterocycles. The van der Waals surface area contributed by atoms with Gasteiger partial charge < -0.3 is 24.4 Å². The quantitative estimate of drug-likeness (QED) is 0.222. The molecule has 41 heavy (non-hydrogen) atoms. The number of rotatable bonds is 13. The van der Waals surface area contributed by atoms with E-state index in [0.29, 0.717) is 50.8 Å². The summed E-state index contributed by atoms with van der Waals surface area (Å²) in [6.07, 6.45) is 6.75. The highest BCUT2D eigenvalue weighted by Gasteiger charge is 2.79. The van der Waals surface area contributed by atoms with E-state index in [1.54, 1.807) is 15.9 Å². The summed E-state index contributed by atoms with van der Waals surface area (Å²) in [7, 11) is 0. The number of benzene rings is 2. The molecule has 3 aliphatic heterocycles. The van der Waals surface area contributed by atoms with Gasteiger partial charge in [-0.05, 0) is 61.4 Å². The fourth-order valence-electron chi connectivity index (χ4n) is 7.34. The number of carbonyl (C=O) groups excluding carboxylic acids is 3. The molecule has 2 aromatic rings. The van der Waals surface area contributed by atoms with Gasteiger partial charge in [0.2, 0.25) is 5.91 Å². The second kappa shape index (κ2) is 11.8. The highest BCUT2D eigenvalue weighted by molar-refractivity contribution is 6.05. The van der Waals surface area contributed by atoms with E-state index < -0.39 is 35.0 Å². The lowest BCUT2D eigenvalue weighted by molar-refractivity contribution is -0.159. The van der Waals surface area contributed by atoms with E-state index >= 15 is 0 Å². The third-order valence-electron chi connectivity index (χ3n) is 9.19. The van der Waals surface area contributed by atoms with Crippen molar-refractivity contribution in [2.45, 2.75) is 62.7 Å². The average molecular weight is 561 g/mol. The minimum Gasteiger partial charge on any atom is -0.461 e. The number of esters is 1. The zero-order valence-corrected chi connectivity index (χ0v) is 23.8. The number of amides is 2. The largest absolute Gasteiger partial charge is 0.461 e. The summed E-state index contributed by atoms with van der Waals surface area (Å²) < 4.78 is 12.3. The summed E-state index contributed by atoms with van der Waals surface area (Å²) in [6, 6.07) is 12.9. The van der Waals surface area contributed by atoms with Gasteiger partial charge in [-0.25, -0.2) is 0 Å². The van der Waals surface area contributed by atoms with Crippen molar-refractivity contribution in [2.24, 2.45) is 11.8 Å². The lowest BCUT2D eigenvalue weighted by atomic mass is 9.65. The Labute approximate surface area is 241 Å². The van der Waals surface area contributed by atoms with E-state index in [4.69, 9.17) is 9.47 Å². The van der Waals surface area contributed by atoms with Gasteiger partial charge in [0, 0.05) is 25.4 Å². The van der Waals surface area contributed by atoms with E-state index in [0.717, 1.165) is 10.8 Å². The fourth-order valence-corrected chi connectivity index (χ4v) is 7.34. The first-order chi connectivity index (χ1) is 19.9. The van der Waals surface area contributed by atoms with Crippen LogP contribution in [0.15, 0.2) is 67.8 Å². The normalized spacial score (nSPS) is 28.1. The van der Waals surface area contributed by atoms with Crippen molar-refractivity contribution in [3.8, 4) is 0 Å². The zero-order valence-electron chi connectivity index (χ0n) is 23.8. The number of likely N-dealkylation sites (tertiary alicyclic amines) is 1. The van der Waals surface area contributed by atoms with Crippen molar-refractivity contribution in [2.75, 3.05) is 31.2 Å². The molecule has 8 nitrogen and oxygen atoms in total. The number of unbranched alkanes of at least 4 members (excludes halogenated alkanes) is 2. The zero-order chi connectivity index (χ0) is 29.2. The number of fused-ring (bicyclic) bond motifs is 2. The van der Waals surface area contributed by atoms with Crippen LogP contribution in [0, 0.1) is 11.8 Å². The van der Waals surface area contributed by atoms with Gasteiger partial charge in [-0.2, -0.15) is 0 Å². The number of carbonyl (C=O) groups is 3. The summed E-state index contributed by atoms with van der Waals surface area (Å²) in [4.78, 5) is 45.7. The first kappa shape index (κ1) is 29.0. The molecule has 2 unspecified atom stereocenters. The SMILES string of the molecule is C=CCOC(=O)[C@H]1[C@H]2C(=O)N(CCCCCO)C(C(=O)N(CC=C)c3ccc4ccccc4c3)C23CC[C@]1(CC)O3. The first-order valence-electron chi connectivity index (χ1n) is 14.7. The Kier molecular flexibility index (Phi) is 8.34. The minimum absolute atomic E-state index is 0.0470. The molecule has 2 aromatic carbocycles. The van der Waals surface area contributed by atoms with Gasteiger partial charge in [-0.15, -0.1) is 6.58 Å². The van der Waals surface area contributed by atoms with Crippen LogP contribution in [0.5, 0.6) is 0 Å². The predicted octanol–water partition coefficient (Wildman–Crippen LogP) is 4.41. The minimum atomic E-state index is -1.13. The summed E-state index contributed by atoms with van der Waals surface area (Å²) in [5.41, 5.74) is -1.28. The van der Waals surface area contributed by atoms with Crippen molar-refractivity contribution in [3.63, 3.8) is 0 Å². The molecule has 5 rings (SSSR count). The van der Waals surface area contributed by atoms with E-state index in [1.165, 1.54) is 6.08 Å². The summed E-state index contributed by atoms with van der Waals surface area (Å²) in [5.74, 6) is -2.55. The Bertz CT molecular complexity index is 1340. The van der Waals surface area contributed by atoms with Crippen LogP contribution in [0.1, 0.15) is 45.4 Å². The van der Waals surface area contributed by atoms with Gasteiger partial charge in [0.05, 0.1) is 11.5 Å². The molecule has 218 valence electrons. The Morgan fingerprint density at radius 3 is 2.61 bits per heavy atom. The van der Waals surface area contributed by atoms with Crippen LogP contribution < -0.4 is 4.90 Å². The van der Waals surface area contributed by atoms with Crippen molar-refractivity contribution in [1.29, 1.82) is 0 Å². The molecule has 8 heteroatoms. The standard InChI is InChI=1S/C33H40N2O6/c1-4-18-34(25-15-14-23-12-8-9-13-24(23)22-25)30(38)28-33-17-16-32(6-3,41-33)27(31(39)40-21-5-2)26(33)29(37)35(28)19-10-7-11-20-36/h4-5,8-9,12-15,22,26-28,36H,1-2,6-7,10-11,16-21H2,3H3/t26-,27+,28?,32-,33?/m0/s1. The monoisotopic (exact) mass is 560 g/mol. The van der Waals surface area contributed by atoms with Crippen molar-refractivity contribution in [3.05, 3.63) is 67.8 Å². The smallest absolute Gasteiger partial charge is 0.313 e. The number of nitrogens with zero attached hydrogens (tertiary/aromatic N) is 2. The van der Waals surface area contributed by atoms with Gasteiger partial charge in [0.15, 0.2) is 0 Å². The Morgan fingerprint density at radius 1 is 1.12 bits per heavy atom.